The maximum absolute atomic E-state index is 10.6. The lowest BCUT2D eigenvalue weighted by Gasteiger charge is -1.93. The monoisotopic (exact) mass is 266 g/mol. The molecule has 0 aliphatic rings. The number of hydrogen-bond acceptors (Lipinski definition) is 5. The van der Waals surface area contributed by atoms with E-state index in [1.165, 1.54) is 12.1 Å². The molecular formula is C11H14N4O2S. The van der Waals surface area contributed by atoms with Crippen LogP contribution in [-0.4, -0.2) is 13.4 Å². The summed E-state index contributed by atoms with van der Waals surface area (Å²) in [5, 5.41) is 4.83. The van der Waals surface area contributed by atoms with Gasteiger partial charge in [-0.1, -0.05) is 24.3 Å². The van der Waals surface area contributed by atoms with Crippen molar-refractivity contribution in [3.8, 4) is 0 Å². The van der Waals surface area contributed by atoms with Crippen molar-refractivity contribution in [1.82, 2.24) is 4.98 Å². The molecule has 2 aromatic rings. The minimum Gasteiger partial charge on any atom is -0.308 e. The highest BCUT2D eigenvalue weighted by Gasteiger charge is 2.03. The van der Waals surface area contributed by atoms with Crippen molar-refractivity contribution < 1.29 is 8.42 Å². The molecular weight excluding hydrogens is 252 g/mol. The molecule has 0 aliphatic carbocycles. The fourth-order valence-electron chi connectivity index (χ4n) is 1.06. The van der Waals surface area contributed by atoms with Gasteiger partial charge in [0.1, 0.15) is 5.82 Å². The number of pyridine rings is 1. The van der Waals surface area contributed by atoms with E-state index in [2.05, 4.69) is 10.4 Å². The predicted octanol–water partition coefficient (Wildman–Crippen LogP) is 0.701. The molecule has 1 aromatic heterocycles. The average Bonchev–Trinajstić information content (AvgIpc) is 2.40. The van der Waals surface area contributed by atoms with E-state index in [0.29, 0.717) is 5.82 Å². The number of rotatable bonds is 2. The fraction of sp³-hybridized carbons (Fsp3) is 0. The number of sulfonamides is 1. The second kappa shape index (κ2) is 6.70. The minimum atomic E-state index is -3.50. The van der Waals surface area contributed by atoms with Crippen molar-refractivity contribution >= 4 is 15.8 Å². The van der Waals surface area contributed by atoms with Crippen molar-refractivity contribution in [2.45, 2.75) is 4.90 Å². The first kappa shape index (κ1) is 14.1. The van der Waals surface area contributed by atoms with E-state index in [4.69, 9.17) is 11.0 Å². The van der Waals surface area contributed by atoms with Crippen LogP contribution in [0.2, 0.25) is 0 Å². The molecule has 0 atom stereocenters. The van der Waals surface area contributed by atoms with Crippen molar-refractivity contribution in [1.29, 1.82) is 0 Å². The van der Waals surface area contributed by atoms with Gasteiger partial charge in [-0.25, -0.2) is 24.4 Å². The largest absolute Gasteiger partial charge is 0.308 e. The molecule has 0 bridgehead atoms. The lowest BCUT2D eigenvalue weighted by Crippen LogP contribution is -2.11. The Morgan fingerprint density at radius 3 is 1.94 bits per heavy atom. The number of nitrogens with zero attached hydrogens (tertiary/aromatic N) is 1. The lowest BCUT2D eigenvalue weighted by atomic mass is 10.4. The van der Waals surface area contributed by atoms with E-state index in [1.54, 1.807) is 30.5 Å². The maximum atomic E-state index is 10.6. The minimum absolute atomic E-state index is 0.148. The summed E-state index contributed by atoms with van der Waals surface area (Å²) in [7, 11) is -3.50. The van der Waals surface area contributed by atoms with Crippen LogP contribution in [-0.2, 0) is 10.0 Å². The van der Waals surface area contributed by atoms with Crippen LogP contribution in [0.1, 0.15) is 0 Å². The molecule has 0 fully saturated rings. The Labute approximate surface area is 106 Å². The van der Waals surface area contributed by atoms with Crippen molar-refractivity contribution in [3.05, 3.63) is 54.7 Å². The zero-order valence-corrected chi connectivity index (χ0v) is 10.3. The number of hydrazine groups is 1. The first-order valence-corrected chi connectivity index (χ1v) is 6.54. The summed E-state index contributed by atoms with van der Waals surface area (Å²) < 4.78 is 21.2. The highest BCUT2D eigenvalue weighted by atomic mass is 32.2. The Hall–Kier alpha value is -1.96. The van der Waals surface area contributed by atoms with Gasteiger partial charge < -0.3 is 5.43 Å². The Kier molecular flexibility index (Phi) is 5.25. The molecule has 1 aromatic carbocycles. The van der Waals surface area contributed by atoms with Crippen LogP contribution >= 0.6 is 0 Å². The smallest absolute Gasteiger partial charge is 0.238 e. The Bertz CT molecular complexity index is 558. The fourth-order valence-corrected chi connectivity index (χ4v) is 1.59. The standard InChI is InChI=1S/C6H7NO2S.C5H7N3/c7-10(8,9)6-4-2-1-3-5-6;6-8-5-3-1-2-4-7-5/h1-5H,(H2,7,8,9);1-4H,6H2,(H,7,8). The molecule has 0 amide bonds. The third kappa shape index (κ3) is 4.91. The zero-order chi connectivity index (χ0) is 13.4. The number of nitrogen functional groups attached to an aromatic ring is 1. The molecule has 0 unspecified atom stereocenters. The topological polar surface area (TPSA) is 111 Å². The summed E-state index contributed by atoms with van der Waals surface area (Å²) in [6.07, 6.45) is 1.68. The van der Waals surface area contributed by atoms with E-state index in [1.807, 2.05) is 12.1 Å². The molecule has 7 heteroatoms. The van der Waals surface area contributed by atoms with E-state index in [-0.39, 0.29) is 4.90 Å². The molecule has 1 heterocycles. The van der Waals surface area contributed by atoms with Gasteiger partial charge in [0.25, 0.3) is 0 Å². The summed E-state index contributed by atoms with van der Waals surface area (Å²) in [6, 6.07) is 13.4. The van der Waals surface area contributed by atoms with Gasteiger partial charge in [-0.3, -0.25) is 0 Å². The van der Waals surface area contributed by atoms with Crippen LogP contribution < -0.4 is 16.4 Å². The van der Waals surface area contributed by atoms with Gasteiger partial charge in [-0.2, -0.15) is 0 Å². The SMILES string of the molecule is NNc1ccccn1.NS(=O)(=O)c1ccccc1. The van der Waals surface area contributed by atoms with Crippen molar-refractivity contribution in [2.75, 3.05) is 5.43 Å². The number of aromatic nitrogens is 1. The third-order valence-electron chi connectivity index (χ3n) is 1.88. The Morgan fingerprint density at radius 1 is 1.00 bits per heavy atom. The van der Waals surface area contributed by atoms with Crippen LogP contribution in [0, 0.1) is 0 Å². The first-order valence-electron chi connectivity index (χ1n) is 4.99. The molecule has 0 saturated carbocycles. The van der Waals surface area contributed by atoms with Crippen LogP contribution in [0.3, 0.4) is 0 Å². The van der Waals surface area contributed by atoms with Crippen molar-refractivity contribution in [2.24, 2.45) is 11.0 Å². The van der Waals surface area contributed by atoms with E-state index < -0.39 is 10.0 Å². The van der Waals surface area contributed by atoms with Crippen LogP contribution in [0.15, 0.2) is 59.6 Å². The second-order valence-corrected chi connectivity index (χ2v) is 4.78. The van der Waals surface area contributed by atoms with Gasteiger partial charge in [-0.05, 0) is 24.3 Å². The zero-order valence-electron chi connectivity index (χ0n) is 9.52. The lowest BCUT2D eigenvalue weighted by molar-refractivity contribution is 0.598. The number of hydrogen-bond donors (Lipinski definition) is 3. The van der Waals surface area contributed by atoms with E-state index >= 15 is 0 Å². The van der Waals surface area contributed by atoms with Gasteiger partial charge >= 0.3 is 0 Å². The third-order valence-corrected chi connectivity index (χ3v) is 2.81. The van der Waals surface area contributed by atoms with Gasteiger partial charge in [0.15, 0.2) is 0 Å². The number of nitrogens with one attached hydrogen (secondary N) is 1. The molecule has 0 aliphatic heterocycles. The van der Waals surface area contributed by atoms with Gasteiger partial charge in [0.2, 0.25) is 10.0 Å². The number of nitrogens with two attached hydrogens (primary N) is 2. The summed E-state index contributed by atoms with van der Waals surface area (Å²) in [6.45, 7) is 0. The van der Waals surface area contributed by atoms with E-state index in [0.717, 1.165) is 0 Å². The molecule has 0 spiro atoms. The molecule has 0 radical (unpaired) electrons. The van der Waals surface area contributed by atoms with Gasteiger partial charge in [0.05, 0.1) is 4.90 Å². The molecule has 6 nitrogen and oxygen atoms in total. The predicted molar refractivity (Wildman–Crippen MR) is 69.9 cm³/mol. The molecule has 2 rings (SSSR count). The number of anilines is 1. The van der Waals surface area contributed by atoms with Gasteiger partial charge in [-0.15, -0.1) is 0 Å². The second-order valence-electron chi connectivity index (χ2n) is 3.22. The normalized spacial score (nSPS) is 10.1. The highest BCUT2D eigenvalue weighted by Crippen LogP contribution is 2.03. The number of primary sulfonamides is 1. The summed E-state index contributed by atoms with van der Waals surface area (Å²) in [5.74, 6) is 5.72. The summed E-state index contributed by atoms with van der Waals surface area (Å²) >= 11 is 0. The first-order chi connectivity index (χ1) is 8.54. The quantitative estimate of drug-likeness (QED) is 0.547. The van der Waals surface area contributed by atoms with Crippen LogP contribution in [0.5, 0.6) is 0 Å². The van der Waals surface area contributed by atoms with Crippen molar-refractivity contribution in [3.63, 3.8) is 0 Å². The average molecular weight is 266 g/mol. The Balaban J connectivity index is 0.000000184. The maximum Gasteiger partial charge on any atom is 0.238 e. The summed E-state index contributed by atoms with van der Waals surface area (Å²) in [4.78, 5) is 4.01. The molecule has 18 heavy (non-hydrogen) atoms. The van der Waals surface area contributed by atoms with Crippen LogP contribution in [0.4, 0.5) is 5.82 Å². The van der Waals surface area contributed by atoms with Gasteiger partial charge in [0, 0.05) is 6.20 Å². The van der Waals surface area contributed by atoms with Crippen LogP contribution in [0.25, 0.3) is 0 Å². The molecule has 5 N–H and O–H groups in total. The number of benzene rings is 1. The molecule has 0 saturated heterocycles. The summed E-state index contributed by atoms with van der Waals surface area (Å²) in [5.41, 5.74) is 2.42. The Morgan fingerprint density at radius 2 is 1.61 bits per heavy atom. The highest BCUT2D eigenvalue weighted by molar-refractivity contribution is 7.89. The molecule has 96 valence electrons. The van der Waals surface area contributed by atoms with E-state index in [9.17, 15) is 8.42 Å².